The number of hydrogen-bond donors (Lipinski definition) is 2. The van der Waals surface area contributed by atoms with E-state index in [2.05, 4.69) is 22.1 Å². The van der Waals surface area contributed by atoms with E-state index >= 15 is 0 Å². The summed E-state index contributed by atoms with van der Waals surface area (Å²) in [4.78, 5) is 0. The lowest BCUT2D eigenvalue weighted by Crippen LogP contribution is -2.02. The first kappa shape index (κ1) is 10.5. The highest BCUT2D eigenvalue weighted by molar-refractivity contribution is 9.10. The van der Waals surface area contributed by atoms with Crippen LogP contribution in [0.2, 0.25) is 0 Å². The van der Waals surface area contributed by atoms with Crippen molar-refractivity contribution in [3.8, 4) is 5.75 Å². The molecule has 1 heterocycles. The van der Waals surface area contributed by atoms with Gasteiger partial charge in [0.15, 0.2) is 0 Å². The quantitative estimate of drug-likeness (QED) is 0.877. The molecule has 1 aromatic heterocycles. The molecular weight excluding hydrogens is 256 g/mol. The number of phenolic OH excluding ortho intramolecular Hbond substituents is 1. The number of aromatic hydroxyl groups is 1. The molecule has 0 unspecified atom stereocenters. The number of hydrogen-bond acceptors (Lipinski definition) is 2. The van der Waals surface area contributed by atoms with Crippen molar-refractivity contribution in [3.05, 3.63) is 28.4 Å². The summed E-state index contributed by atoms with van der Waals surface area (Å²) >= 11 is 3.41. The van der Waals surface area contributed by atoms with Gasteiger partial charge in [0.1, 0.15) is 5.75 Å². The lowest BCUT2D eigenvalue weighted by atomic mass is 10.1. The van der Waals surface area contributed by atoms with Gasteiger partial charge in [0.25, 0.3) is 0 Å². The molecular formula is C11H13BrN2O. The predicted molar refractivity (Wildman–Crippen MR) is 65.0 cm³/mol. The summed E-state index contributed by atoms with van der Waals surface area (Å²) in [6, 6.07) is 3.61. The normalized spacial score (nSPS) is 11.1. The van der Waals surface area contributed by atoms with Crippen molar-refractivity contribution in [3.63, 3.8) is 0 Å². The maximum atomic E-state index is 9.63. The van der Waals surface area contributed by atoms with Crippen LogP contribution in [0.1, 0.15) is 5.56 Å². The molecule has 0 amide bonds. The maximum absolute atomic E-state index is 9.63. The first-order valence-corrected chi connectivity index (χ1v) is 5.60. The van der Waals surface area contributed by atoms with Crippen molar-refractivity contribution >= 4 is 26.8 Å². The third-order valence-electron chi connectivity index (χ3n) is 2.56. The fourth-order valence-corrected chi connectivity index (χ4v) is 2.46. The lowest BCUT2D eigenvalue weighted by Gasteiger charge is -2.02. The van der Waals surface area contributed by atoms with Crippen LogP contribution in [0.25, 0.3) is 10.9 Å². The lowest BCUT2D eigenvalue weighted by molar-refractivity contribution is 0.473. The summed E-state index contributed by atoms with van der Waals surface area (Å²) in [5.41, 5.74) is 7.83. The highest BCUT2D eigenvalue weighted by Crippen LogP contribution is 2.35. The average molecular weight is 269 g/mol. The topological polar surface area (TPSA) is 51.2 Å². The average Bonchev–Trinajstić information content (AvgIpc) is 2.51. The minimum atomic E-state index is 0.270. The molecule has 0 saturated heterocycles. The van der Waals surface area contributed by atoms with E-state index in [0.29, 0.717) is 6.54 Å². The van der Waals surface area contributed by atoms with E-state index < -0.39 is 0 Å². The Labute approximate surface area is 96.6 Å². The Hall–Kier alpha value is -1.00. The van der Waals surface area contributed by atoms with Gasteiger partial charge in [0.05, 0.1) is 4.47 Å². The first-order valence-electron chi connectivity index (χ1n) is 4.80. The molecule has 0 radical (unpaired) electrons. The van der Waals surface area contributed by atoms with Crippen molar-refractivity contribution < 1.29 is 5.11 Å². The van der Waals surface area contributed by atoms with Gasteiger partial charge in [-0.15, -0.1) is 0 Å². The molecule has 3 nitrogen and oxygen atoms in total. The summed E-state index contributed by atoms with van der Waals surface area (Å²) in [7, 11) is 1.99. The monoisotopic (exact) mass is 268 g/mol. The van der Waals surface area contributed by atoms with E-state index in [-0.39, 0.29) is 5.75 Å². The number of halogens is 1. The number of nitrogens with zero attached hydrogens (tertiary/aromatic N) is 1. The molecule has 15 heavy (non-hydrogen) atoms. The number of aryl methyl sites for hydroxylation is 1. The van der Waals surface area contributed by atoms with Gasteiger partial charge in [-0.1, -0.05) is 0 Å². The number of benzene rings is 1. The Balaban J connectivity index is 2.77. The number of aromatic nitrogens is 1. The molecule has 0 aliphatic rings. The molecule has 0 saturated carbocycles. The molecule has 0 atom stereocenters. The molecule has 1 aromatic carbocycles. The minimum Gasteiger partial charge on any atom is -0.507 e. The van der Waals surface area contributed by atoms with E-state index in [1.165, 1.54) is 0 Å². The fraction of sp³-hybridized carbons (Fsp3) is 0.273. The molecule has 80 valence electrons. The molecule has 2 rings (SSSR count). The van der Waals surface area contributed by atoms with E-state index in [4.69, 9.17) is 5.73 Å². The largest absolute Gasteiger partial charge is 0.507 e. The van der Waals surface area contributed by atoms with Crippen LogP contribution in [0.3, 0.4) is 0 Å². The summed E-state index contributed by atoms with van der Waals surface area (Å²) in [5, 5.41) is 10.7. The number of fused-ring (bicyclic) bond motifs is 1. The zero-order valence-electron chi connectivity index (χ0n) is 8.50. The minimum absolute atomic E-state index is 0.270. The molecule has 3 N–H and O–H groups in total. The standard InChI is InChI=1S/C11H13BrN2O/c1-14-6-7(4-5-13)10-8(14)2-3-9(15)11(10)12/h2-3,6,15H,4-5,13H2,1H3. The van der Waals surface area contributed by atoms with Gasteiger partial charge in [-0.25, -0.2) is 0 Å². The molecule has 0 aliphatic carbocycles. The molecule has 4 heteroatoms. The summed E-state index contributed by atoms with van der Waals surface area (Å²) in [6.07, 6.45) is 2.88. The van der Waals surface area contributed by atoms with Crippen LogP contribution in [0.15, 0.2) is 22.8 Å². The van der Waals surface area contributed by atoms with Crippen LogP contribution in [0, 0.1) is 0 Å². The highest BCUT2D eigenvalue weighted by Gasteiger charge is 2.11. The third-order valence-corrected chi connectivity index (χ3v) is 3.37. The van der Waals surface area contributed by atoms with E-state index in [9.17, 15) is 5.11 Å². The van der Waals surface area contributed by atoms with E-state index in [1.54, 1.807) is 6.07 Å². The molecule has 0 aliphatic heterocycles. The van der Waals surface area contributed by atoms with Gasteiger partial charge < -0.3 is 15.4 Å². The van der Waals surface area contributed by atoms with Crippen LogP contribution >= 0.6 is 15.9 Å². The smallest absolute Gasteiger partial charge is 0.130 e. The summed E-state index contributed by atoms with van der Waals surface area (Å²) in [5.74, 6) is 0.270. The Kier molecular flexibility index (Phi) is 2.71. The van der Waals surface area contributed by atoms with Gasteiger partial charge in [-0.2, -0.15) is 0 Å². The number of nitrogens with two attached hydrogens (primary N) is 1. The van der Waals surface area contributed by atoms with Crippen molar-refractivity contribution in [2.45, 2.75) is 6.42 Å². The van der Waals surface area contributed by atoms with Crippen molar-refractivity contribution in [1.82, 2.24) is 4.57 Å². The van der Waals surface area contributed by atoms with Crippen molar-refractivity contribution in [2.75, 3.05) is 6.54 Å². The van der Waals surface area contributed by atoms with Gasteiger partial charge in [-0.3, -0.25) is 0 Å². The third kappa shape index (κ3) is 1.64. The Morgan fingerprint density at radius 2 is 2.20 bits per heavy atom. The van der Waals surface area contributed by atoms with Crippen LogP contribution in [-0.2, 0) is 13.5 Å². The SMILES string of the molecule is Cn1cc(CCN)c2c(Br)c(O)ccc21. The van der Waals surface area contributed by atoms with Crippen molar-refractivity contribution in [2.24, 2.45) is 12.8 Å². The van der Waals surface area contributed by atoms with Crippen LogP contribution in [-0.4, -0.2) is 16.2 Å². The van der Waals surface area contributed by atoms with Crippen molar-refractivity contribution in [1.29, 1.82) is 0 Å². The number of rotatable bonds is 2. The zero-order chi connectivity index (χ0) is 11.0. The second-order valence-corrected chi connectivity index (χ2v) is 4.39. The fourth-order valence-electron chi connectivity index (χ4n) is 1.87. The second kappa shape index (κ2) is 3.87. The molecule has 0 bridgehead atoms. The Morgan fingerprint density at radius 1 is 1.47 bits per heavy atom. The summed E-state index contributed by atoms with van der Waals surface area (Å²) < 4.78 is 2.80. The maximum Gasteiger partial charge on any atom is 0.130 e. The summed E-state index contributed by atoms with van der Waals surface area (Å²) in [6.45, 7) is 0.612. The zero-order valence-corrected chi connectivity index (χ0v) is 10.1. The highest BCUT2D eigenvalue weighted by atomic mass is 79.9. The van der Waals surface area contributed by atoms with Gasteiger partial charge in [-0.05, 0) is 46.6 Å². The van der Waals surface area contributed by atoms with Crippen LogP contribution < -0.4 is 5.73 Å². The Bertz CT molecular complexity index is 505. The first-order chi connectivity index (χ1) is 7.15. The van der Waals surface area contributed by atoms with Crippen LogP contribution in [0.4, 0.5) is 0 Å². The van der Waals surface area contributed by atoms with Gasteiger partial charge in [0.2, 0.25) is 0 Å². The second-order valence-electron chi connectivity index (χ2n) is 3.60. The van der Waals surface area contributed by atoms with Crippen LogP contribution in [0.5, 0.6) is 5.75 Å². The van der Waals surface area contributed by atoms with E-state index in [0.717, 1.165) is 27.4 Å². The van der Waals surface area contributed by atoms with E-state index in [1.807, 2.05) is 17.7 Å². The molecule has 0 spiro atoms. The molecule has 2 aromatic rings. The predicted octanol–water partition coefficient (Wildman–Crippen LogP) is 2.15. The molecule has 0 fully saturated rings. The Morgan fingerprint density at radius 3 is 2.87 bits per heavy atom. The van der Waals surface area contributed by atoms with Gasteiger partial charge in [0, 0.05) is 24.1 Å². The number of phenols is 1. The van der Waals surface area contributed by atoms with Gasteiger partial charge >= 0.3 is 0 Å².